The van der Waals surface area contributed by atoms with Crippen LogP contribution in [0.2, 0.25) is 0 Å². The molecular formula is C20H22F3N3O5. The molecule has 0 saturated carbocycles. The zero-order chi connectivity index (χ0) is 23.3. The zero-order valence-electron chi connectivity index (χ0n) is 17.2. The molecule has 0 saturated heterocycles. The molecule has 1 aromatic heterocycles. The highest BCUT2D eigenvalue weighted by Gasteiger charge is 2.36. The predicted octanol–water partition coefficient (Wildman–Crippen LogP) is 2.03. The van der Waals surface area contributed by atoms with Gasteiger partial charge in [-0.1, -0.05) is 6.07 Å². The van der Waals surface area contributed by atoms with Gasteiger partial charge in [-0.05, 0) is 36.8 Å². The maximum absolute atomic E-state index is 13.4. The van der Waals surface area contributed by atoms with Gasteiger partial charge in [0.2, 0.25) is 5.91 Å². The maximum Gasteiger partial charge on any atom is 0.431 e. The van der Waals surface area contributed by atoms with Crippen LogP contribution in [0.25, 0.3) is 0 Å². The highest BCUT2D eigenvalue weighted by atomic mass is 19.4. The van der Waals surface area contributed by atoms with Crippen LogP contribution < -0.4 is 20.8 Å². The van der Waals surface area contributed by atoms with Crippen LogP contribution in [0.1, 0.15) is 28.5 Å². The lowest BCUT2D eigenvalue weighted by molar-refractivity contribution is -0.145. The lowest BCUT2D eigenvalue weighted by Gasteiger charge is -2.23. The maximum atomic E-state index is 13.4. The normalized spacial score (nSPS) is 11.2. The standard InChI is InChI=1S/C20H22F3N3O5/c1-4-25(10-12-5-7-14(30-2)15(9-12)31-3)17(27)11-26-16(20(21,22)23)8-6-13(18(24)28)19(26)29/h5-9H,4,10-11H2,1-3H3,(H2,24,28). The fourth-order valence-electron chi connectivity index (χ4n) is 2.98. The number of ether oxygens (including phenoxy) is 2. The predicted molar refractivity (Wildman–Crippen MR) is 105 cm³/mol. The van der Waals surface area contributed by atoms with Gasteiger partial charge in [-0.25, -0.2) is 0 Å². The van der Waals surface area contributed by atoms with E-state index in [9.17, 15) is 27.6 Å². The number of nitrogens with two attached hydrogens (primary N) is 1. The monoisotopic (exact) mass is 441 g/mol. The molecule has 0 bridgehead atoms. The van der Waals surface area contributed by atoms with Gasteiger partial charge in [0, 0.05) is 13.1 Å². The molecule has 2 aromatic rings. The molecule has 0 aliphatic heterocycles. The van der Waals surface area contributed by atoms with Gasteiger partial charge in [-0.2, -0.15) is 13.2 Å². The van der Waals surface area contributed by atoms with Crippen molar-refractivity contribution in [3.05, 3.63) is 57.5 Å². The number of carbonyl (C=O) groups is 2. The smallest absolute Gasteiger partial charge is 0.431 e. The molecule has 0 radical (unpaired) electrons. The minimum absolute atomic E-state index is 0.0568. The number of alkyl halides is 3. The number of primary amides is 1. The van der Waals surface area contributed by atoms with Gasteiger partial charge in [0.1, 0.15) is 17.8 Å². The van der Waals surface area contributed by atoms with E-state index in [1.165, 1.54) is 19.1 Å². The van der Waals surface area contributed by atoms with Crippen molar-refractivity contribution in [3.63, 3.8) is 0 Å². The molecule has 31 heavy (non-hydrogen) atoms. The molecule has 168 valence electrons. The summed E-state index contributed by atoms with van der Waals surface area (Å²) in [6.07, 6.45) is -4.91. The second-order valence-electron chi connectivity index (χ2n) is 6.48. The Balaban J connectivity index is 2.37. The van der Waals surface area contributed by atoms with Crippen molar-refractivity contribution in [2.45, 2.75) is 26.2 Å². The van der Waals surface area contributed by atoms with Crippen molar-refractivity contribution in [2.24, 2.45) is 5.73 Å². The summed E-state index contributed by atoms with van der Waals surface area (Å²) in [5.41, 5.74) is 2.44. The van der Waals surface area contributed by atoms with E-state index in [0.717, 1.165) is 0 Å². The second kappa shape index (κ2) is 9.54. The van der Waals surface area contributed by atoms with Gasteiger partial charge in [-0.3, -0.25) is 19.0 Å². The summed E-state index contributed by atoms with van der Waals surface area (Å²) in [6, 6.07) is 6.21. The van der Waals surface area contributed by atoms with Crippen LogP contribution in [0.15, 0.2) is 35.1 Å². The number of rotatable bonds is 8. The molecule has 2 rings (SSSR count). The molecule has 0 atom stereocenters. The van der Waals surface area contributed by atoms with E-state index >= 15 is 0 Å². The van der Waals surface area contributed by atoms with Crippen LogP contribution >= 0.6 is 0 Å². The first kappa shape index (κ1) is 23.8. The molecule has 2 N–H and O–H groups in total. The Hall–Kier alpha value is -3.50. The molecule has 1 heterocycles. The first-order chi connectivity index (χ1) is 14.5. The highest BCUT2D eigenvalue weighted by molar-refractivity contribution is 5.92. The molecule has 1 aromatic carbocycles. The number of amides is 2. The summed E-state index contributed by atoms with van der Waals surface area (Å²) in [4.78, 5) is 37.8. The summed E-state index contributed by atoms with van der Waals surface area (Å²) in [5.74, 6) is -1.03. The number of hydrogen-bond acceptors (Lipinski definition) is 5. The molecule has 0 aliphatic rings. The van der Waals surface area contributed by atoms with Crippen molar-refractivity contribution < 1.29 is 32.2 Å². The number of halogens is 3. The summed E-state index contributed by atoms with van der Waals surface area (Å²) in [5, 5.41) is 0. The third kappa shape index (κ3) is 5.36. The van der Waals surface area contributed by atoms with Crippen molar-refractivity contribution in [1.29, 1.82) is 0 Å². The third-order valence-electron chi connectivity index (χ3n) is 4.58. The first-order valence-electron chi connectivity index (χ1n) is 9.13. The van der Waals surface area contributed by atoms with E-state index in [4.69, 9.17) is 15.2 Å². The Labute approximate surface area is 176 Å². The number of pyridine rings is 1. The summed E-state index contributed by atoms with van der Waals surface area (Å²) >= 11 is 0. The summed E-state index contributed by atoms with van der Waals surface area (Å²) < 4.78 is 50.7. The van der Waals surface area contributed by atoms with Crippen molar-refractivity contribution in [2.75, 3.05) is 20.8 Å². The molecule has 11 heteroatoms. The van der Waals surface area contributed by atoms with Gasteiger partial charge in [0.05, 0.1) is 14.2 Å². The number of nitrogens with zero attached hydrogens (tertiary/aromatic N) is 2. The average Bonchev–Trinajstić information content (AvgIpc) is 2.71. The van der Waals surface area contributed by atoms with Gasteiger partial charge < -0.3 is 20.1 Å². The van der Waals surface area contributed by atoms with Crippen molar-refractivity contribution in [3.8, 4) is 11.5 Å². The van der Waals surface area contributed by atoms with Crippen LogP contribution in [0.4, 0.5) is 13.2 Å². The van der Waals surface area contributed by atoms with Crippen LogP contribution in [0.5, 0.6) is 11.5 Å². The van der Waals surface area contributed by atoms with E-state index in [0.29, 0.717) is 29.2 Å². The quantitative estimate of drug-likeness (QED) is 0.675. The fourth-order valence-corrected chi connectivity index (χ4v) is 2.98. The third-order valence-corrected chi connectivity index (χ3v) is 4.58. The van der Waals surface area contributed by atoms with Crippen LogP contribution in [-0.2, 0) is 24.1 Å². The molecule has 2 amide bonds. The van der Waals surface area contributed by atoms with E-state index in [1.807, 2.05) is 0 Å². The highest BCUT2D eigenvalue weighted by Crippen LogP contribution is 2.29. The number of methoxy groups -OCH3 is 2. The number of likely N-dealkylation sites (N-methyl/N-ethyl adjacent to an activating group) is 1. The largest absolute Gasteiger partial charge is 0.493 e. The minimum atomic E-state index is -4.91. The Kier molecular flexibility index (Phi) is 7.32. The van der Waals surface area contributed by atoms with Gasteiger partial charge in [-0.15, -0.1) is 0 Å². The van der Waals surface area contributed by atoms with Crippen molar-refractivity contribution >= 4 is 11.8 Å². The van der Waals surface area contributed by atoms with E-state index in [-0.39, 0.29) is 17.7 Å². The Morgan fingerprint density at radius 1 is 1.10 bits per heavy atom. The second-order valence-corrected chi connectivity index (χ2v) is 6.48. The first-order valence-corrected chi connectivity index (χ1v) is 9.13. The molecule has 0 unspecified atom stereocenters. The fraction of sp³-hybridized carbons (Fsp3) is 0.350. The van der Waals surface area contributed by atoms with Crippen LogP contribution in [0.3, 0.4) is 0 Å². The Morgan fingerprint density at radius 2 is 1.74 bits per heavy atom. The lowest BCUT2D eigenvalue weighted by Crippen LogP contribution is -2.40. The van der Waals surface area contributed by atoms with Gasteiger partial charge in [0.25, 0.3) is 11.5 Å². The Bertz CT molecular complexity index is 1030. The minimum Gasteiger partial charge on any atom is -0.493 e. The van der Waals surface area contributed by atoms with Gasteiger partial charge >= 0.3 is 6.18 Å². The topological polar surface area (TPSA) is 104 Å². The van der Waals surface area contributed by atoms with Crippen LogP contribution in [-0.4, -0.2) is 42.0 Å². The summed E-state index contributed by atoms with van der Waals surface area (Å²) in [6.45, 7) is 0.960. The molecule has 0 spiro atoms. The SMILES string of the molecule is CCN(Cc1ccc(OC)c(OC)c1)C(=O)Cn1c(C(F)(F)F)ccc(C(N)=O)c1=O. The molecular weight excluding hydrogens is 419 g/mol. The van der Waals surface area contributed by atoms with Crippen LogP contribution in [0, 0.1) is 0 Å². The molecule has 0 aliphatic carbocycles. The average molecular weight is 441 g/mol. The molecule has 0 fully saturated rings. The van der Waals surface area contributed by atoms with Crippen molar-refractivity contribution in [1.82, 2.24) is 9.47 Å². The Morgan fingerprint density at radius 3 is 2.26 bits per heavy atom. The zero-order valence-corrected chi connectivity index (χ0v) is 17.2. The van der Waals surface area contributed by atoms with E-state index in [1.54, 1.807) is 25.1 Å². The van der Waals surface area contributed by atoms with E-state index in [2.05, 4.69) is 0 Å². The van der Waals surface area contributed by atoms with E-state index < -0.39 is 41.4 Å². The molecule has 8 nitrogen and oxygen atoms in total. The lowest BCUT2D eigenvalue weighted by atomic mass is 10.1. The number of carbonyl (C=O) groups excluding carboxylic acids is 2. The van der Waals surface area contributed by atoms with Gasteiger partial charge in [0.15, 0.2) is 11.5 Å². The number of hydrogen-bond donors (Lipinski definition) is 1. The number of aromatic nitrogens is 1. The summed E-state index contributed by atoms with van der Waals surface area (Å²) in [7, 11) is 2.91. The number of benzene rings is 1.